The van der Waals surface area contributed by atoms with E-state index in [2.05, 4.69) is 0 Å². The van der Waals surface area contributed by atoms with Crippen LogP contribution in [0.3, 0.4) is 0 Å². The van der Waals surface area contributed by atoms with Gasteiger partial charge in [0.25, 0.3) is 0 Å². The lowest BCUT2D eigenvalue weighted by Gasteiger charge is -2.16. The molecule has 1 atom stereocenters. The number of amides is 1. The highest BCUT2D eigenvalue weighted by Gasteiger charge is 2.44. The monoisotopic (exact) mass is 215 g/mol. The van der Waals surface area contributed by atoms with Crippen LogP contribution in [0.15, 0.2) is 0 Å². The van der Waals surface area contributed by atoms with Gasteiger partial charge < -0.3 is 4.90 Å². The molecule has 1 saturated heterocycles. The molecular formula is C7H9ClF3NO. The number of rotatable bonds is 1. The van der Waals surface area contributed by atoms with Crippen LogP contribution >= 0.6 is 11.6 Å². The molecular weight excluding hydrogens is 207 g/mol. The van der Waals surface area contributed by atoms with Crippen LogP contribution in [0.4, 0.5) is 13.2 Å². The lowest BCUT2D eigenvalue weighted by molar-refractivity contribution is -0.170. The summed E-state index contributed by atoms with van der Waals surface area (Å²) < 4.78 is 36.4. The van der Waals surface area contributed by atoms with Crippen molar-refractivity contribution in [1.29, 1.82) is 0 Å². The summed E-state index contributed by atoms with van der Waals surface area (Å²) in [5, 5.41) is 0. The second kappa shape index (κ2) is 3.74. The summed E-state index contributed by atoms with van der Waals surface area (Å²) in [5.41, 5.74) is 0. The summed E-state index contributed by atoms with van der Waals surface area (Å²) in [7, 11) is 0. The van der Waals surface area contributed by atoms with Crippen LogP contribution in [0.5, 0.6) is 0 Å². The summed E-state index contributed by atoms with van der Waals surface area (Å²) in [4.78, 5) is 12.1. The Labute approximate surface area is 78.6 Å². The maximum atomic E-state index is 12.1. The van der Waals surface area contributed by atoms with Gasteiger partial charge in [-0.1, -0.05) is 0 Å². The maximum absolute atomic E-state index is 12.1. The largest absolute Gasteiger partial charge is 0.393 e. The fourth-order valence-electron chi connectivity index (χ4n) is 1.34. The molecule has 1 amide bonds. The molecule has 0 bridgehead atoms. The van der Waals surface area contributed by atoms with Gasteiger partial charge in [0.05, 0.1) is 5.92 Å². The highest BCUT2D eigenvalue weighted by Crippen LogP contribution is 2.33. The van der Waals surface area contributed by atoms with Crippen molar-refractivity contribution in [2.75, 3.05) is 19.0 Å². The van der Waals surface area contributed by atoms with Crippen molar-refractivity contribution in [3.05, 3.63) is 0 Å². The number of halogens is 4. The number of alkyl halides is 4. The molecule has 1 aliphatic heterocycles. The van der Waals surface area contributed by atoms with E-state index >= 15 is 0 Å². The first-order chi connectivity index (χ1) is 5.95. The van der Waals surface area contributed by atoms with Gasteiger partial charge in [-0.15, -0.1) is 11.6 Å². The molecule has 0 unspecified atom stereocenters. The molecule has 1 aliphatic rings. The minimum atomic E-state index is -4.19. The highest BCUT2D eigenvalue weighted by molar-refractivity contribution is 6.27. The van der Waals surface area contributed by atoms with Crippen molar-refractivity contribution >= 4 is 17.5 Å². The molecule has 6 heteroatoms. The summed E-state index contributed by atoms with van der Waals surface area (Å²) >= 11 is 5.22. The van der Waals surface area contributed by atoms with E-state index in [-0.39, 0.29) is 25.4 Å². The van der Waals surface area contributed by atoms with Crippen molar-refractivity contribution < 1.29 is 18.0 Å². The minimum Gasteiger partial charge on any atom is -0.341 e. The fourth-order valence-corrected chi connectivity index (χ4v) is 1.51. The van der Waals surface area contributed by atoms with Crippen molar-refractivity contribution in [3.8, 4) is 0 Å². The molecule has 0 radical (unpaired) electrons. The van der Waals surface area contributed by atoms with Crippen LogP contribution in [-0.4, -0.2) is 36.0 Å². The SMILES string of the molecule is O=C(CCl)N1CC[C@H](C(F)(F)F)C1. The summed E-state index contributed by atoms with van der Waals surface area (Å²) in [5.74, 6) is -2.04. The highest BCUT2D eigenvalue weighted by atomic mass is 35.5. The topological polar surface area (TPSA) is 20.3 Å². The van der Waals surface area contributed by atoms with Gasteiger partial charge in [0, 0.05) is 13.1 Å². The normalized spacial score (nSPS) is 23.7. The predicted molar refractivity (Wildman–Crippen MR) is 41.5 cm³/mol. The van der Waals surface area contributed by atoms with Gasteiger partial charge in [-0.2, -0.15) is 13.2 Å². The van der Waals surface area contributed by atoms with Gasteiger partial charge in [0.2, 0.25) is 5.91 Å². The van der Waals surface area contributed by atoms with E-state index in [0.29, 0.717) is 0 Å². The lowest BCUT2D eigenvalue weighted by atomic mass is 10.1. The zero-order chi connectivity index (χ0) is 10.1. The number of hydrogen-bond acceptors (Lipinski definition) is 1. The Bertz CT molecular complexity index is 206. The van der Waals surface area contributed by atoms with E-state index in [4.69, 9.17) is 11.6 Å². The first kappa shape index (κ1) is 10.6. The Morgan fingerprint density at radius 3 is 2.54 bits per heavy atom. The van der Waals surface area contributed by atoms with Crippen LogP contribution in [0, 0.1) is 5.92 Å². The molecule has 0 aliphatic carbocycles. The Kier molecular flexibility index (Phi) is 3.05. The van der Waals surface area contributed by atoms with Crippen LogP contribution in [0.2, 0.25) is 0 Å². The maximum Gasteiger partial charge on any atom is 0.393 e. The molecule has 0 N–H and O–H groups in total. The van der Waals surface area contributed by atoms with E-state index in [1.807, 2.05) is 0 Å². The van der Waals surface area contributed by atoms with Gasteiger partial charge >= 0.3 is 6.18 Å². The molecule has 0 aromatic carbocycles. The molecule has 1 fully saturated rings. The molecule has 0 spiro atoms. The average molecular weight is 216 g/mol. The molecule has 1 rings (SSSR count). The van der Waals surface area contributed by atoms with E-state index in [1.54, 1.807) is 0 Å². The van der Waals surface area contributed by atoms with Crippen molar-refractivity contribution in [3.63, 3.8) is 0 Å². The molecule has 0 aromatic rings. The molecule has 2 nitrogen and oxygen atoms in total. The third-order valence-electron chi connectivity index (χ3n) is 2.12. The summed E-state index contributed by atoms with van der Waals surface area (Å²) in [6.07, 6.45) is -4.20. The number of carbonyl (C=O) groups excluding carboxylic acids is 1. The van der Waals surface area contributed by atoms with Crippen molar-refractivity contribution in [2.24, 2.45) is 5.92 Å². The molecule has 0 saturated carbocycles. The standard InChI is InChI=1S/C7H9ClF3NO/c8-3-6(13)12-2-1-5(4-12)7(9,10)11/h5H,1-4H2/t5-/m0/s1. The second-order valence-electron chi connectivity index (χ2n) is 3.00. The molecule has 1 heterocycles. The third-order valence-corrected chi connectivity index (χ3v) is 2.35. The Hall–Kier alpha value is -0.450. The Balaban J connectivity index is 2.50. The van der Waals surface area contributed by atoms with E-state index in [1.165, 1.54) is 0 Å². The van der Waals surface area contributed by atoms with E-state index < -0.39 is 18.0 Å². The van der Waals surface area contributed by atoms with Gasteiger partial charge in [-0.25, -0.2) is 0 Å². The van der Waals surface area contributed by atoms with Gasteiger partial charge in [0.15, 0.2) is 0 Å². The summed E-state index contributed by atoms with van der Waals surface area (Å²) in [6.45, 7) is -0.0786. The third kappa shape index (κ3) is 2.49. The molecule has 0 aromatic heterocycles. The van der Waals surface area contributed by atoms with Gasteiger partial charge in [-0.05, 0) is 6.42 Å². The Morgan fingerprint density at radius 1 is 1.54 bits per heavy atom. The molecule has 13 heavy (non-hydrogen) atoms. The average Bonchev–Trinajstić information content (AvgIpc) is 2.50. The smallest absolute Gasteiger partial charge is 0.341 e. The summed E-state index contributed by atoms with van der Waals surface area (Å²) in [6, 6.07) is 0. The van der Waals surface area contributed by atoms with Crippen LogP contribution < -0.4 is 0 Å². The quantitative estimate of drug-likeness (QED) is 0.609. The van der Waals surface area contributed by atoms with Crippen LogP contribution in [-0.2, 0) is 4.79 Å². The first-order valence-corrected chi connectivity index (χ1v) is 4.39. The van der Waals surface area contributed by atoms with Gasteiger partial charge in [-0.3, -0.25) is 4.79 Å². The number of hydrogen-bond donors (Lipinski definition) is 0. The van der Waals surface area contributed by atoms with E-state index in [9.17, 15) is 18.0 Å². The number of likely N-dealkylation sites (tertiary alicyclic amines) is 1. The number of carbonyl (C=O) groups is 1. The molecule has 76 valence electrons. The fraction of sp³-hybridized carbons (Fsp3) is 0.857. The predicted octanol–water partition coefficient (Wildman–Crippen LogP) is 1.64. The first-order valence-electron chi connectivity index (χ1n) is 3.85. The van der Waals surface area contributed by atoms with E-state index in [0.717, 1.165) is 4.90 Å². The Morgan fingerprint density at radius 2 is 2.15 bits per heavy atom. The van der Waals surface area contributed by atoms with Gasteiger partial charge in [0.1, 0.15) is 5.88 Å². The van der Waals surface area contributed by atoms with Crippen molar-refractivity contribution in [2.45, 2.75) is 12.6 Å². The zero-order valence-corrected chi connectivity index (χ0v) is 7.53. The number of nitrogens with zero attached hydrogens (tertiary/aromatic N) is 1. The van der Waals surface area contributed by atoms with Crippen molar-refractivity contribution in [1.82, 2.24) is 4.90 Å². The minimum absolute atomic E-state index is 0.00781. The van der Waals surface area contributed by atoms with Crippen LogP contribution in [0.1, 0.15) is 6.42 Å². The lowest BCUT2D eigenvalue weighted by Crippen LogP contribution is -2.32. The zero-order valence-electron chi connectivity index (χ0n) is 6.77. The second-order valence-corrected chi connectivity index (χ2v) is 3.27. The van der Waals surface area contributed by atoms with Crippen LogP contribution in [0.25, 0.3) is 0 Å².